The van der Waals surface area contributed by atoms with E-state index in [4.69, 9.17) is 33.3 Å². The van der Waals surface area contributed by atoms with E-state index in [0.717, 1.165) is 19.4 Å². The van der Waals surface area contributed by atoms with Crippen LogP contribution in [-0.4, -0.2) is 36.9 Å². The highest BCUT2D eigenvalue weighted by molar-refractivity contribution is 7.80. The van der Waals surface area contributed by atoms with E-state index in [1.165, 1.54) is 0 Å². The van der Waals surface area contributed by atoms with Gasteiger partial charge in [-0.15, -0.1) is 0 Å². The van der Waals surface area contributed by atoms with Gasteiger partial charge in [-0.2, -0.15) is 0 Å². The number of rotatable bonds is 5. The second kappa shape index (κ2) is 8.17. The van der Waals surface area contributed by atoms with E-state index in [2.05, 4.69) is 10.6 Å². The summed E-state index contributed by atoms with van der Waals surface area (Å²) in [4.78, 5) is 11.7. The first kappa shape index (κ1) is 16.0. The fourth-order valence-corrected chi connectivity index (χ4v) is 2.31. The molecule has 1 aromatic carbocycles. The lowest BCUT2D eigenvalue weighted by atomic mass is 10.2. The zero-order valence-corrected chi connectivity index (χ0v) is 13.0. The molecule has 2 N–H and O–H groups in total. The molecular weight excluding hydrogens is 312 g/mol. The van der Waals surface area contributed by atoms with Gasteiger partial charge < -0.3 is 20.1 Å². The molecule has 1 atom stereocenters. The van der Waals surface area contributed by atoms with Crippen molar-refractivity contribution in [2.45, 2.75) is 18.9 Å². The lowest BCUT2D eigenvalue weighted by Crippen LogP contribution is -2.43. The molecule has 1 heterocycles. The van der Waals surface area contributed by atoms with Crippen LogP contribution in [-0.2, 0) is 9.53 Å². The fourth-order valence-electron chi connectivity index (χ4n) is 1.92. The summed E-state index contributed by atoms with van der Waals surface area (Å²) in [6, 6.07) is 6.97. The van der Waals surface area contributed by atoms with Gasteiger partial charge in [0.15, 0.2) is 11.7 Å². The van der Waals surface area contributed by atoms with E-state index in [1.807, 2.05) is 0 Å². The van der Waals surface area contributed by atoms with Crippen LogP contribution < -0.4 is 15.4 Å². The molecule has 1 fully saturated rings. The SMILES string of the molecule is O=C(COc1ccccc1Cl)NC(=S)NCC1CCCO1. The van der Waals surface area contributed by atoms with Crippen molar-refractivity contribution in [2.24, 2.45) is 0 Å². The summed E-state index contributed by atoms with van der Waals surface area (Å²) in [6.45, 7) is 1.24. The van der Waals surface area contributed by atoms with Gasteiger partial charge >= 0.3 is 0 Å². The molecule has 1 aliphatic heterocycles. The fraction of sp³-hybridized carbons (Fsp3) is 0.429. The van der Waals surface area contributed by atoms with Gasteiger partial charge in [-0.25, -0.2) is 0 Å². The summed E-state index contributed by atoms with van der Waals surface area (Å²) >= 11 is 11.0. The Morgan fingerprint density at radius 1 is 1.48 bits per heavy atom. The molecule has 7 heteroatoms. The smallest absolute Gasteiger partial charge is 0.264 e. The number of benzene rings is 1. The summed E-state index contributed by atoms with van der Waals surface area (Å²) in [5, 5.41) is 6.25. The Bertz CT molecular complexity index is 507. The third-order valence-corrected chi connectivity index (χ3v) is 3.52. The molecule has 1 amide bonds. The largest absolute Gasteiger partial charge is 0.482 e. The van der Waals surface area contributed by atoms with Crippen LogP contribution in [0.25, 0.3) is 0 Å². The van der Waals surface area contributed by atoms with Crippen LogP contribution in [0.4, 0.5) is 0 Å². The van der Waals surface area contributed by atoms with Crippen molar-refractivity contribution in [2.75, 3.05) is 19.8 Å². The summed E-state index contributed by atoms with van der Waals surface area (Å²) in [7, 11) is 0. The van der Waals surface area contributed by atoms with Gasteiger partial charge in [0.25, 0.3) is 5.91 Å². The van der Waals surface area contributed by atoms with E-state index in [0.29, 0.717) is 17.3 Å². The van der Waals surface area contributed by atoms with E-state index >= 15 is 0 Å². The molecule has 0 radical (unpaired) electrons. The first-order chi connectivity index (χ1) is 10.1. The molecule has 1 aliphatic rings. The molecule has 1 saturated heterocycles. The van der Waals surface area contributed by atoms with E-state index in [-0.39, 0.29) is 23.7 Å². The minimum absolute atomic E-state index is 0.147. The number of amides is 1. The van der Waals surface area contributed by atoms with Gasteiger partial charge in [-0.3, -0.25) is 4.79 Å². The topological polar surface area (TPSA) is 59.6 Å². The molecule has 5 nitrogen and oxygen atoms in total. The average molecular weight is 329 g/mol. The number of hydrogen-bond donors (Lipinski definition) is 2. The highest BCUT2D eigenvalue weighted by atomic mass is 35.5. The molecule has 0 bridgehead atoms. The maximum absolute atomic E-state index is 11.7. The lowest BCUT2D eigenvalue weighted by Gasteiger charge is -2.13. The third kappa shape index (κ3) is 5.49. The van der Waals surface area contributed by atoms with Gasteiger partial charge in [0, 0.05) is 13.2 Å². The maximum Gasteiger partial charge on any atom is 0.264 e. The Labute approximate surface area is 133 Å². The van der Waals surface area contributed by atoms with Crippen molar-refractivity contribution in [3.63, 3.8) is 0 Å². The molecule has 0 spiro atoms. The summed E-state index contributed by atoms with van der Waals surface area (Å²) in [5.41, 5.74) is 0. The van der Waals surface area contributed by atoms with Crippen molar-refractivity contribution in [1.82, 2.24) is 10.6 Å². The number of carbonyl (C=O) groups is 1. The second-order valence-electron chi connectivity index (χ2n) is 4.61. The highest BCUT2D eigenvalue weighted by Crippen LogP contribution is 2.22. The highest BCUT2D eigenvalue weighted by Gasteiger charge is 2.15. The maximum atomic E-state index is 11.7. The summed E-state index contributed by atoms with van der Waals surface area (Å²) in [6.07, 6.45) is 2.25. The van der Waals surface area contributed by atoms with Crippen LogP contribution in [0.15, 0.2) is 24.3 Å². The normalized spacial score (nSPS) is 17.3. The third-order valence-electron chi connectivity index (χ3n) is 2.96. The molecular formula is C14H17ClN2O3S. The molecule has 2 rings (SSSR count). The van der Waals surface area contributed by atoms with Crippen molar-refractivity contribution < 1.29 is 14.3 Å². The predicted molar refractivity (Wildman–Crippen MR) is 84.7 cm³/mol. The van der Waals surface area contributed by atoms with Gasteiger partial charge in [0.2, 0.25) is 0 Å². The Morgan fingerprint density at radius 2 is 2.29 bits per heavy atom. The number of carbonyl (C=O) groups excluding carboxylic acids is 1. The van der Waals surface area contributed by atoms with Crippen molar-refractivity contribution >= 4 is 34.8 Å². The molecule has 1 aromatic rings. The standard InChI is InChI=1S/C14H17ClN2O3S/c15-11-5-1-2-6-12(11)20-9-13(18)17-14(21)16-8-10-4-3-7-19-10/h1-2,5-6,10H,3-4,7-9H2,(H2,16,17,18,21). The van der Waals surface area contributed by atoms with Gasteiger partial charge in [0.1, 0.15) is 5.75 Å². The lowest BCUT2D eigenvalue weighted by molar-refractivity contribution is -0.121. The monoisotopic (exact) mass is 328 g/mol. The number of halogens is 1. The average Bonchev–Trinajstić information content (AvgIpc) is 2.97. The van der Waals surface area contributed by atoms with Crippen LogP contribution >= 0.6 is 23.8 Å². The van der Waals surface area contributed by atoms with Crippen LogP contribution in [0, 0.1) is 0 Å². The molecule has 1 unspecified atom stereocenters. The molecule has 0 aliphatic carbocycles. The van der Waals surface area contributed by atoms with E-state index < -0.39 is 0 Å². The van der Waals surface area contributed by atoms with Crippen LogP contribution in [0.2, 0.25) is 5.02 Å². The minimum atomic E-state index is -0.334. The van der Waals surface area contributed by atoms with Crippen LogP contribution in [0.5, 0.6) is 5.75 Å². The quantitative estimate of drug-likeness (QED) is 0.808. The zero-order chi connectivity index (χ0) is 15.1. The Morgan fingerprint density at radius 3 is 3.00 bits per heavy atom. The van der Waals surface area contributed by atoms with Crippen LogP contribution in [0.1, 0.15) is 12.8 Å². The minimum Gasteiger partial charge on any atom is -0.482 e. The number of hydrogen-bond acceptors (Lipinski definition) is 4. The Balaban J connectivity index is 1.66. The Hall–Kier alpha value is -1.37. The Kier molecular flexibility index (Phi) is 6.22. The number of ether oxygens (including phenoxy) is 2. The molecule has 114 valence electrons. The number of para-hydroxylation sites is 1. The predicted octanol–water partition coefficient (Wildman–Crippen LogP) is 1.89. The summed E-state index contributed by atoms with van der Waals surface area (Å²) < 4.78 is 10.8. The number of nitrogens with one attached hydrogen (secondary N) is 2. The molecule has 0 aromatic heterocycles. The van der Waals surface area contributed by atoms with Gasteiger partial charge in [0.05, 0.1) is 11.1 Å². The molecule has 21 heavy (non-hydrogen) atoms. The summed E-state index contributed by atoms with van der Waals surface area (Å²) in [5.74, 6) is 0.132. The van der Waals surface area contributed by atoms with Gasteiger partial charge in [-0.1, -0.05) is 23.7 Å². The van der Waals surface area contributed by atoms with E-state index in [1.54, 1.807) is 24.3 Å². The van der Waals surface area contributed by atoms with Crippen molar-refractivity contribution in [1.29, 1.82) is 0 Å². The van der Waals surface area contributed by atoms with Crippen LogP contribution in [0.3, 0.4) is 0 Å². The van der Waals surface area contributed by atoms with E-state index in [9.17, 15) is 4.79 Å². The van der Waals surface area contributed by atoms with Crippen molar-refractivity contribution in [3.8, 4) is 5.75 Å². The first-order valence-corrected chi connectivity index (χ1v) is 7.50. The van der Waals surface area contributed by atoms with Gasteiger partial charge in [-0.05, 0) is 37.2 Å². The zero-order valence-electron chi connectivity index (χ0n) is 11.4. The molecule has 0 saturated carbocycles. The first-order valence-electron chi connectivity index (χ1n) is 6.72. The number of thiocarbonyl (C=S) groups is 1. The van der Waals surface area contributed by atoms with Crippen molar-refractivity contribution in [3.05, 3.63) is 29.3 Å². The second-order valence-corrected chi connectivity index (χ2v) is 5.43.